The topological polar surface area (TPSA) is 65.5 Å². The lowest BCUT2D eigenvalue weighted by atomic mass is 10.1. The van der Waals surface area contributed by atoms with Crippen molar-refractivity contribution in [1.82, 2.24) is 0 Å². The molecule has 1 fully saturated rings. The summed E-state index contributed by atoms with van der Waals surface area (Å²) in [6, 6.07) is 7.02. The van der Waals surface area contributed by atoms with Crippen LogP contribution in [0.15, 0.2) is 28.7 Å². The van der Waals surface area contributed by atoms with Gasteiger partial charge in [-0.15, -0.1) is 0 Å². The number of benzene rings is 1. The minimum absolute atomic E-state index is 0.0308. The first-order valence-electron chi connectivity index (χ1n) is 7.22. The van der Waals surface area contributed by atoms with E-state index in [1.54, 1.807) is 24.3 Å². The van der Waals surface area contributed by atoms with Gasteiger partial charge in [-0.3, -0.25) is 0 Å². The molecule has 1 aromatic heterocycles. The number of nitrogen functional groups attached to an aromatic ring is 1. The van der Waals surface area contributed by atoms with Gasteiger partial charge in [0, 0.05) is 11.1 Å². The van der Waals surface area contributed by atoms with Gasteiger partial charge in [0.05, 0.1) is 0 Å². The van der Waals surface area contributed by atoms with Gasteiger partial charge in [0.2, 0.25) is 5.76 Å². The summed E-state index contributed by atoms with van der Waals surface area (Å²) in [6.45, 7) is 0. The molecule has 3 rings (SSSR count). The van der Waals surface area contributed by atoms with Gasteiger partial charge in [0.1, 0.15) is 11.7 Å². The molecule has 2 aromatic rings. The zero-order valence-electron chi connectivity index (χ0n) is 11.4. The Bertz CT molecular complexity index is 609. The molecule has 0 radical (unpaired) electrons. The van der Waals surface area contributed by atoms with Gasteiger partial charge in [-0.2, -0.15) is 0 Å². The van der Waals surface area contributed by atoms with E-state index in [-0.39, 0.29) is 17.8 Å². The Balaban J connectivity index is 1.74. The molecule has 0 unspecified atom stereocenters. The lowest BCUT2D eigenvalue weighted by Gasteiger charge is -2.14. The van der Waals surface area contributed by atoms with Crippen LogP contribution >= 0.6 is 0 Å². The van der Waals surface area contributed by atoms with Crippen molar-refractivity contribution < 1.29 is 13.9 Å². The number of esters is 1. The fraction of sp³-hybridized carbons (Fsp3) is 0.438. The highest BCUT2D eigenvalue weighted by molar-refractivity contribution is 5.93. The molecule has 106 valence electrons. The highest BCUT2D eigenvalue weighted by Crippen LogP contribution is 2.24. The monoisotopic (exact) mass is 273 g/mol. The molecule has 0 saturated heterocycles. The summed E-state index contributed by atoms with van der Waals surface area (Å²) in [7, 11) is 0. The van der Waals surface area contributed by atoms with Gasteiger partial charge in [-0.25, -0.2) is 4.79 Å². The fourth-order valence-corrected chi connectivity index (χ4v) is 2.73. The number of anilines is 1. The van der Waals surface area contributed by atoms with Gasteiger partial charge in [0.15, 0.2) is 0 Å². The molecular weight excluding hydrogens is 254 g/mol. The van der Waals surface area contributed by atoms with Gasteiger partial charge in [0.25, 0.3) is 0 Å². The molecule has 2 N–H and O–H groups in total. The number of furan rings is 1. The Labute approximate surface area is 117 Å². The molecule has 1 heterocycles. The first-order chi connectivity index (χ1) is 9.72. The number of rotatable bonds is 2. The molecular formula is C16H19NO3. The van der Waals surface area contributed by atoms with Gasteiger partial charge < -0.3 is 14.9 Å². The van der Waals surface area contributed by atoms with Crippen molar-refractivity contribution in [2.45, 2.75) is 44.6 Å². The third-order valence-electron chi connectivity index (χ3n) is 3.82. The van der Waals surface area contributed by atoms with Crippen LogP contribution in [0.25, 0.3) is 11.0 Å². The fourth-order valence-electron chi connectivity index (χ4n) is 2.73. The molecule has 0 aliphatic heterocycles. The predicted octanol–water partition coefficient (Wildman–Crippen LogP) is 3.89. The van der Waals surface area contributed by atoms with Crippen LogP contribution in [-0.4, -0.2) is 12.1 Å². The third kappa shape index (κ3) is 2.79. The van der Waals surface area contributed by atoms with Crippen LogP contribution in [0.2, 0.25) is 0 Å². The number of fused-ring (bicyclic) bond motifs is 1. The Morgan fingerprint density at radius 2 is 1.90 bits per heavy atom. The lowest BCUT2D eigenvalue weighted by Crippen LogP contribution is -2.17. The molecule has 4 nitrogen and oxygen atoms in total. The average Bonchev–Trinajstić information content (AvgIpc) is 2.68. The maximum atomic E-state index is 12.1. The Morgan fingerprint density at radius 1 is 1.15 bits per heavy atom. The largest absolute Gasteiger partial charge is 0.457 e. The summed E-state index contributed by atoms with van der Waals surface area (Å²) in [5, 5.41) is 0.831. The van der Waals surface area contributed by atoms with E-state index >= 15 is 0 Å². The van der Waals surface area contributed by atoms with Crippen LogP contribution in [0.1, 0.15) is 49.1 Å². The highest BCUT2D eigenvalue weighted by Gasteiger charge is 2.20. The molecule has 4 heteroatoms. The minimum Gasteiger partial charge on any atom is -0.457 e. The molecule has 0 bridgehead atoms. The molecule has 0 atom stereocenters. The average molecular weight is 273 g/mol. The summed E-state index contributed by atoms with van der Waals surface area (Å²) in [6.07, 6.45) is 6.68. The maximum absolute atomic E-state index is 12.1. The van der Waals surface area contributed by atoms with Gasteiger partial charge >= 0.3 is 5.97 Å². The predicted molar refractivity (Wildman–Crippen MR) is 77.5 cm³/mol. The second-order valence-corrected chi connectivity index (χ2v) is 5.43. The molecule has 20 heavy (non-hydrogen) atoms. The Morgan fingerprint density at radius 3 is 2.65 bits per heavy atom. The molecule has 0 amide bonds. The number of hydrogen-bond donors (Lipinski definition) is 1. The zero-order valence-corrected chi connectivity index (χ0v) is 11.4. The van der Waals surface area contributed by atoms with Crippen molar-refractivity contribution >= 4 is 22.6 Å². The number of carbonyl (C=O) groups excluding carboxylic acids is 1. The van der Waals surface area contributed by atoms with Crippen molar-refractivity contribution in [1.29, 1.82) is 0 Å². The number of ether oxygens (including phenoxy) is 1. The first-order valence-corrected chi connectivity index (χ1v) is 7.22. The minimum atomic E-state index is -0.369. The standard InChI is InChI=1S/C16H19NO3/c17-12-7-8-14-11(9-12)10-15(20-14)16(18)19-13-5-3-1-2-4-6-13/h7-10,13H,1-6,17H2. The van der Waals surface area contributed by atoms with Crippen molar-refractivity contribution in [3.8, 4) is 0 Å². The van der Waals surface area contributed by atoms with Crippen molar-refractivity contribution in [3.05, 3.63) is 30.0 Å². The smallest absolute Gasteiger partial charge is 0.374 e. The van der Waals surface area contributed by atoms with Gasteiger partial charge in [-0.1, -0.05) is 12.8 Å². The quantitative estimate of drug-likeness (QED) is 0.512. The van der Waals surface area contributed by atoms with E-state index in [4.69, 9.17) is 14.9 Å². The van der Waals surface area contributed by atoms with Crippen LogP contribution in [0.5, 0.6) is 0 Å². The first kappa shape index (κ1) is 13.0. The number of hydrogen-bond acceptors (Lipinski definition) is 4. The van der Waals surface area contributed by atoms with E-state index in [9.17, 15) is 4.79 Å². The molecule has 1 saturated carbocycles. The van der Waals surface area contributed by atoms with E-state index in [1.807, 2.05) is 0 Å². The second kappa shape index (κ2) is 5.57. The van der Waals surface area contributed by atoms with Crippen LogP contribution in [0.3, 0.4) is 0 Å². The van der Waals surface area contributed by atoms with E-state index in [1.165, 1.54) is 12.8 Å². The highest BCUT2D eigenvalue weighted by atomic mass is 16.6. The van der Waals surface area contributed by atoms with Crippen molar-refractivity contribution in [2.24, 2.45) is 0 Å². The Hall–Kier alpha value is -1.97. The number of carbonyl (C=O) groups is 1. The maximum Gasteiger partial charge on any atom is 0.374 e. The third-order valence-corrected chi connectivity index (χ3v) is 3.82. The van der Waals surface area contributed by atoms with Crippen LogP contribution in [-0.2, 0) is 4.74 Å². The van der Waals surface area contributed by atoms with E-state index in [0.717, 1.165) is 31.1 Å². The second-order valence-electron chi connectivity index (χ2n) is 5.43. The van der Waals surface area contributed by atoms with E-state index in [2.05, 4.69) is 0 Å². The lowest BCUT2D eigenvalue weighted by molar-refractivity contribution is 0.0234. The van der Waals surface area contributed by atoms with E-state index < -0.39 is 0 Å². The zero-order chi connectivity index (χ0) is 13.9. The summed E-state index contributed by atoms with van der Waals surface area (Å²) in [5.41, 5.74) is 7.03. The summed E-state index contributed by atoms with van der Waals surface area (Å²) in [4.78, 5) is 12.1. The summed E-state index contributed by atoms with van der Waals surface area (Å²) < 4.78 is 11.1. The SMILES string of the molecule is Nc1ccc2oc(C(=O)OC3CCCCCC3)cc2c1. The normalized spacial score (nSPS) is 17.0. The Kier molecular flexibility index (Phi) is 3.63. The van der Waals surface area contributed by atoms with Crippen molar-refractivity contribution in [2.75, 3.05) is 5.73 Å². The van der Waals surface area contributed by atoms with Gasteiger partial charge in [-0.05, 0) is 49.9 Å². The number of nitrogens with two attached hydrogens (primary N) is 1. The molecule has 1 aliphatic carbocycles. The van der Waals surface area contributed by atoms with Crippen LogP contribution in [0, 0.1) is 0 Å². The van der Waals surface area contributed by atoms with Crippen molar-refractivity contribution in [3.63, 3.8) is 0 Å². The van der Waals surface area contributed by atoms with E-state index in [0.29, 0.717) is 11.3 Å². The van der Waals surface area contributed by atoms with Crippen LogP contribution < -0.4 is 5.73 Å². The molecule has 1 aromatic carbocycles. The van der Waals surface area contributed by atoms with Crippen LogP contribution in [0.4, 0.5) is 5.69 Å². The molecule has 0 spiro atoms. The summed E-state index contributed by atoms with van der Waals surface area (Å²) in [5.74, 6) is -0.110. The molecule has 1 aliphatic rings. The summed E-state index contributed by atoms with van der Waals surface area (Å²) >= 11 is 0.